The smallest absolute Gasteiger partial charge is 0.220 e. The fourth-order valence-electron chi connectivity index (χ4n) is 1.44. The molecule has 1 unspecified atom stereocenters. The summed E-state index contributed by atoms with van der Waals surface area (Å²) in [5.74, 6) is -0.413. The fraction of sp³-hybridized carbons (Fsp3) is 0.385. The third-order valence-electron chi connectivity index (χ3n) is 2.43. The van der Waals surface area contributed by atoms with Gasteiger partial charge in [0.15, 0.2) is 5.78 Å². The Morgan fingerprint density at radius 1 is 1.33 bits per heavy atom. The first kappa shape index (κ1) is 14.7. The maximum Gasteiger partial charge on any atom is 0.220 e. The summed E-state index contributed by atoms with van der Waals surface area (Å²) in [4.78, 5) is 23.2. The quantitative estimate of drug-likeness (QED) is 0.774. The Kier molecular flexibility index (Phi) is 5.82. The van der Waals surface area contributed by atoms with E-state index in [0.29, 0.717) is 10.6 Å². The average Bonchev–Trinajstić information content (AvgIpc) is 2.36. The zero-order valence-corrected chi connectivity index (χ0v) is 10.9. The Hall–Kier alpha value is -1.39. The molecule has 0 spiro atoms. The van der Waals surface area contributed by atoms with Crippen LogP contribution in [0.2, 0.25) is 5.02 Å². The summed E-state index contributed by atoms with van der Waals surface area (Å²) in [6, 6.07) is 6.46. The second-order valence-electron chi connectivity index (χ2n) is 4.05. The zero-order valence-electron chi connectivity index (χ0n) is 10.1. The van der Waals surface area contributed by atoms with Crippen LogP contribution in [0, 0.1) is 0 Å². The van der Waals surface area contributed by atoms with Crippen LogP contribution in [-0.2, 0) is 4.79 Å². The third kappa shape index (κ3) is 4.47. The van der Waals surface area contributed by atoms with Gasteiger partial charge in [0.25, 0.3) is 0 Å². The molecular formula is C13H16ClNO3. The highest BCUT2D eigenvalue weighted by atomic mass is 35.5. The second kappa shape index (κ2) is 7.13. The topological polar surface area (TPSA) is 66.4 Å². The number of amides is 1. The molecule has 4 nitrogen and oxygen atoms in total. The van der Waals surface area contributed by atoms with Gasteiger partial charge in [0, 0.05) is 24.4 Å². The van der Waals surface area contributed by atoms with Gasteiger partial charge in [-0.2, -0.15) is 0 Å². The molecule has 0 saturated carbocycles. The minimum atomic E-state index is -0.298. The Balaban J connectivity index is 2.47. The van der Waals surface area contributed by atoms with Crippen molar-refractivity contribution >= 4 is 23.3 Å². The van der Waals surface area contributed by atoms with Gasteiger partial charge in [0.05, 0.1) is 11.6 Å². The number of carbonyl (C=O) groups is 2. The number of rotatable bonds is 6. The van der Waals surface area contributed by atoms with Crippen molar-refractivity contribution in [3.63, 3.8) is 0 Å². The molecule has 0 aliphatic rings. The van der Waals surface area contributed by atoms with E-state index in [-0.39, 0.29) is 37.2 Å². The Morgan fingerprint density at radius 2 is 2.00 bits per heavy atom. The number of hydrogen-bond acceptors (Lipinski definition) is 3. The fourth-order valence-corrected chi connectivity index (χ4v) is 1.68. The molecule has 1 amide bonds. The van der Waals surface area contributed by atoms with Gasteiger partial charge in [-0.05, 0) is 19.1 Å². The molecule has 1 atom stereocenters. The van der Waals surface area contributed by atoms with Crippen LogP contribution in [-0.4, -0.2) is 29.4 Å². The van der Waals surface area contributed by atoms with Crippen molar-refractivity contribution in [2.24, 2.45) is 0 Å². The largest absolute Gasteiger partial charge is 0.394 e. The number of aliphatic hydroxyl groups excluding tert-OH is 1. The predicted octanol–water partition coefficient (Wildman–Crippen LogP) is 1.80. The van der Waals surface area contributed by atoms with Crippen LogP contribution < -0.4 is 5.32 Å². The number of nitrogens with one attached hydrogen (secondary N) is 1. The molecule has 0 heterocycles. The van der Waals surface area contributed by atoms with Crippen molar-refractivity contribution in [2.75, 3.05) is 6.61 Å². The van der Waals surface area contributed by atoms with E-state index in [1.807, 2.05) is 0 Å². The van der Waals surface area contributed by atoms with Crippen LogP contribution >= 0.6 is 11.6 Å². The Labute approximate surface area is 111 Å². The van der Waals surface area contributed by atoms with Crippen LogP contribution in [0.3, 0.4) is 0 Å². The van der Waals surface area contributed by atoms with Crippen LogP contribution in [0.15, 0.2) is 24.3 Å². The first-order valence-electron chi connectivity index (χ1n) is 5.72. The normalized spacial score (nSPS) is 11.9. The maximum absolute atomic E-state index is 11.8. The monoisotopic (exact) mass is 269 g/mol. The number of halogens is 1. The van der Waals surface area contributed by atoms with E-state index >= 15 is 0 Å². The van der Waals surface area contributed by atoms with Crippen LogP contribution in [0.5, 0.6) is 0 Å². The molecule has 0 aromatic heterocycles. The SMILES string of the molecule is CC(CO)NC(=O)CCC(=O)c1ccccc1Cl. The predicted molar refractivity (Wildman–Crippen MR) is 69.7 cm³/mol. The van der Waals surface area contributed by atoms with E-state index < -0.39 is 0 Å². The van der Waals surface area contributed by atoms with Gasteiger partial charge in [-0.15, -0.1) is 0 Å². The summed E-state index contributed by atoms with van der Waals surface area (Å²) in [5, 5.41) is 11.7. The lowest BCUT2D eigenvalue weighted by molar-refractivity contribution is -0.121. The van der Waals surface area contributed by atoms with E-state index in [0.717, 1.165) is 0 Å². The average molecular weight is 270 g/mol. The summed E-state index contributed by atoms with van der Waals surface area (Å²) >= 11 is 5.89. The molecule has 5 heteroatoms. The minimum absolute atomic E-state index is 0.0917. The number of hydrogen-bond donors (Lipinski definition) is 2. The van der Waals surface area contributed by atoms with Gasteiger partial charge < -0.3 is 10.4 Å². The highest BCUT2D eigenvalue weighted by molar-refractivity contribution is 6.34. The van der Waals surface area contributed by atoms with Crippen LogP contribution in [0.25, 0.3) is 0 Å². The molecule has 18 heavy (non-hydrogen) atoms. The summed E-state index contributed by atoms with van der Waals surface area (Å²) in [7, 11) is 0. The molecule has 0 bridgehead atoms. The van der Waals surface area contributed by atoms with Crippen molar-refractivity contribution in [1.82, 2.24) is 5.32 Å². The Bertz CT molecular complexity index is 434. The second-order valence-corrected chi connectivity index (χ2v) is 4.46. The third-order valence-corrected chi connectivity index (χ3v) is 2.76. The van der Waals surface area contributed by atoms with Gasteiger partial charge in [0.2, 0.25) is 5.91 Å². The summed E-state index contributed by atoms with van der Waals surface area (Å²) in [6.45, 7) is 1.57. The number of Topliss-reactive ketones (excluding diaryl/α,β-unsaturated/α-hetero) is 1. The molecule has 0 aliphatic heterocycles. The van der Waals surface area contributed by atoms with E-state index in [1.54, 1.807) is 31.2 Å². The van der Waals surface area contributed by atoms with Crippen molar-refractivity contribution in [3.8, 4) is 0 Å². The number of aliphatic hydroxyl groups is 1. The molecular weight excluding hydrogens is 254 g/mol. The molecule has 1 aromatic rings. The first-order valence-corrected chi connectivity index (χ1v) is 6.10. The molecule has 0 fully saturated rings. The molecule has 0 aliphatic carbocycles. The number of carbonyl (C=O) groups excluding carboxylic acids is 2. The zero-order chi connectivity index (χ0) is 13.5. The van der Waals surface area contributed by atoms with Crippen LogP contribution in [0.4, 0.5) is 0 Å². The van der Waals surface area contributed by atoms with Crippen molar-refractivity contribution in [2.45, 2.75) is 25.8 Å². The van der Waals surface area contributed by atoms with E-state index in [1.165, 1.54) is 0 Å². The standard InChI is InChI=1S/C13H16ClNO3/c1-9(8-16)15-13(18)7-6-12(17)10-4-2-3-5-11(10)14/h2-5,9,16H,6-8H2,1H3,(H,15,18). The van der Waals surface area contributed by atoms with Crippen molar-refractivity contribution in [1.29, 1.82) is 0 Å². The summed E-state index contributed by atoms with van der Waals surface area (Å²) in [6.07, 6.45) is 0.197. The summed E-state index contributed by atoms with van der Waals surface area (Å²) < 4.78 is 0. The molecule has 1 aromatic carbocycles. The van der Waals surface area contributed by atoms with E-state index in [9.17, 15) is 9.59 Å². The number of benzene rings is 1. The first-order chi connectivity index (χ1) is 8.54. The highest BCUT2D eigenvalue weighted by Gasteiger charge is 2.12. The number of ketones is 1. The lowest BCUT2D eigenvalue weighted by Gasteiger charge is -2.10. The van der Waals surface area contributed by atoms with E-state index in [4.69, 9.17) is 16.7 Å². The molecule has 0 radical (unpaired) electrons. The van der Waals surface area contributed by atoms with Gasteiger partial charge >= 0.3 is 0 Å². The lowest BCUT2D eigenvalue weighted by Crippen LogP contribution is -2.35. The summed E-state index contributed by atoms with van der Waals surface area (Å²) in [5.41, 5.74) is 0.433. The molecule has 2 N–H and O–H groups in total. The van der Waals surface area contributed by atoms with Gasteiger partial charge in [0.1, 0.15) is 0 Å². The van der Waals surface area contributed by atoms with Gasteiger partial charge in [-0.3, -0.25) is 9.59 Å². The molecule has 0 saturated heterocycles. The lowest BCUT2D eigenvalue weighted by atomic mass is 10.1. The van der Waals surface area contributed by atoms with Crippen molar-refractivity contribution in [3.05, 3.63) is 34.9 Å². The van der Waals surface area contributed by atoms with Gasteiger partial charge in [-0.25, -0.2) is 0 Å². The highest BCUT2D eigenvalue weighted by Crippen LogP contribution is 2.17. The maximum atomic E-state index is 11.8. The minimum Gasteiger partial charge on any atom is -0.394 e. The molecule has 98 valence electrons. The van der Waals surface area contributed by atoms with Crippen molar-refractivity contribution < 1.29 is 14.7 Å². The van der Waals surface area contributed by atoms with Gasteiger partial charge in [-0.1, -0.05) is 23.7 Å². The van der Waals surface area contributed by atoms with Crippen LogP contribution in [0.1, 0.15) is 30.1 Å². The van der Waals surface area contributed by atoms with E-state index in [2.05, 4.69) is 5.32 Å². The molecule has 1 rings (SSSR count). The Morgan fingerprint density at radius 3 is 2.61 bits per heavy atom.